The number of hydrogen-bond donors (Lipinski definition) is 1. The lowest BCUT2D eigenvalue weighted by molar-refractivity contribution is -0.116. The van der Waals surface area contributed by atoms with Crippen LogP contribution in [0.2, 0.25) is 5.15 Å². The quantitative estimate of drug-likeness (QED) is 0.632. The lowest BCUT2D eigenvalue weighted by atomic mass is 10.2. The first-order valence-electron chi connectivity index (χ1n) is 5.56. The first kappa shape index (κ1) is 13.0. The van der Waals surface area contributed by atoms with Gasteiger partial charge in [-0.15, -0.1) is 0 Å². The molecule has 0 fully saturated rings. The summed E-state index contributed by atoms with van der Waals surface area (Å²) in [5.74, 6) is 0.0423. The Balaban J connectivity index is 2.49. The highest BCUT2D eigenvalue weighted by Crippen LogP contribution is 2.16. The maximum atomic E-state index is 11.6. The van der Waals surface area contributed by atoms with Crippen LogP contribution in [0.25, 0.3) is 0 Å². The monoisotopic (exact) mass is 240 g/mol. The van der Waals surface area contributed by atoms with E-state index in [1.807, 2.05) is 6.92 Å². The summed E-state index contributed by atoms with van der Waals surface area (Å²) in [5, 5.41) is 3.28. The van der Waals surface area contributed by atoms with Gasteiger partial charge in [0.25, 0.3) is 0 Å². The lowest BCUT2D eigenvalue weighted by Gasteiger charge is -2.07. The molecule has 4 heteroatoms. The van der Waals surface area contributed by atoms with Crippen molar-refractivity contribution in [3.63, 3.8) is 0 Å². The number of carbonyl (C=O) groups excluding carboxylic acids is 1. The van der Waals surface area contributed by atoms with E-state index in [1.54, 1.807) is 12.1 Å². The third-order valence-corrected chi connectivity index (χ3v) is 2.54. The number of anilines is 1. The minimum absolute atomic E-state index is 0.0423. The van der Waals surface area contributed by atoms with Crippen molar-refractivity contribution in [1.29, 1.82) is 0 Å². The Bertz CT molecular complexity index is 366. The highest BCUT2D eigenvalue weighted by molar-refractivity contribution is 6.29. The summed E-state index contributed by atoms with van der Waals surface area (Å²) >= 11 is 5.73. The fourth-order valence-corrected chi connectivity index (χ4v) is 1.60. The molecule has 0 aromatic carbocycles. The minimum Gasteiger partial charge on any atom is -0.325 e. The summed E-state index contributed by atoms with van der Waals surface area (Å²) in [6.45, 7) is 3.94. The van der Waals surface area contributed by atoms with E-state index < -0.39 is 0 Å². The molecule has 1 N–H and O–H groups in total. The van der Waals surface area contributed by atoms with Crippen LogP contribution in [0, 0.1) is 6.92 Å². The van der Waals surface area contributed by atoms with Crippen LogP contribution in [-0.4, -0.2) is 10.9 Å². The predicted molar refractivity (Wildman–Crippen MR) is 66.8 cm³/mol. The largest absolute Gasteiger partial charge is 0.325 e. The zero-order valence-corrected chi connectivity index (χ0v) is 10.5. The molecule has 16 heavy (non-hydrogen) atoms. The van der Waals surface area contributed by atoms with Gasteiger partial charge in [-0.3, -0.25) is 4.79 Å². The van der Waals surface area contributed by atoms with E-state index in [0.29, 0.717) is 11.6 Å². The van der Waals surface area contributed by atoms with E-state index in [1.165, 1.54) is 0 Å². The highest BCUT2D eigenvalue weighted by atomic mass is 35.5. The molecule has 3 nitrogen and oxygen atoms in total. The van der Waals surface area contributed by atoms with Crippen molar-refractivity contribution < 1.29 is 4.79 Å². The molecule has 0 saturated heterocycles. The number of amides is 1. The zero-order valence-electron chi connectivity index (χ0n) is 9.72. The number of pyridine rings is 1. The summed E-state index contributed by atoms with van der Waals surface area (Å²) < 4.78 is 0. The molecule has 0 aliphatic rings. The van der Waals surface area contributed by atoms with Crippen molar-refractivity contribution in [3.05, 3.63) is 23.0 Å². The number of halogens is 1. The first-order chi connectivity index (χ1) is 7.63. The van der Waals surface area contributed by atoms with Gasteiger partial charge in [0.2, 0.25) is 5.91 Å². The maximum absolute atomic E-state index is 11.6. The van der Waals surface area contributed by atoms with Crippen molar-refractivity contribution in [3.8, 4) is 0 Å². The van der Waals surface area contributed by atoms with E-state index in [2.05, 4.69) is 17.2 Å². The van der Waals surface area contributed by atoms with Crippen molar-refractivity contribution in [1.82, 2.24) is 4.98 Å². The molecule has 0 bridgehead atoms. The number of carbonyl (C=O) groups is 1. The molecule has 1 heterocycles. The third-order valence-electron chi connectivity index (χ3n) is 2.33. The van der Waals surface area contributed by atoms with Crippen molar-refractivity contribution >= 4 is 23.2 Å². The molecule has 0 unspecified atom stereocenters. The van der Waals surface area contributed by atoms with Gasteiger partial charge in [0, 0.05) is 6.42 Å². The smallest absolute Gasteiger partial charge is 0.224 e. The molecule has 0 aliphatic heterocycles. The van der Waals surface area contributed by atoms with Crippen LogP contribution >= 0.6 is 11.6 Å². The molecule has 0 atom stereocenters. The number of unbranched alkanes of at least 4 members (excludes halogenated alkanes) is 2. The average Bonchev–Trinajstić information content (AvgIpc) is 2.23. The van der Waals surface area contributed by atoms with Gasteiger partial charge < -0.3 is 5.32 Å². The molecule has 0 radical (unpaired) electrons. The second kappa shape index (κ2) is 6.48. The van der Waals surface area contributed by atoms with Crippen LogP contribution in [0.5, 0.6) is 0 Å². The van der Waals surface area contributed by atoms with Crippen LogP contribution in [0.15, 0.2) is 12.1 Å². The second-order valence-electron chi connectivity index (χ2n) is 3.77. The van der Waals surface area contributed by atoms with E-state index in [9.17, 15) is 4.79 Å². The Hall–Kier alpha value is -1.09. The Morgan fingerprint density at radius 3 is 2.81 bits per heavy atom. The number of nitrogens with zero attached hydrogens (tertiary/aromatic N) is 1. The Morgan fingerprint density at radius 2 is 2.19 bits per heavy atom. The molecule has 1 rings (SSSR count). The van der Waals surface area contributed by atoms with Crippen LogP contribution in [-0.2, 0) is 4.79 Å². The van der Waals surface area contributed by atoms with Gasteiger partial charge in [-0.1, -0.05) is 31.4 Å². The molecular weight excluding hydrogens is 224 g/mol. The van der Waals surface area contributed by atoms with Gasteiger partial charge >= 0.3 is 0 Å². The molecule has 0 spiro atoms. The van der Waals surface area contributed by atoms with Crippen molar-refractivity contribution in [2.75, 3.05) is 5.32 Å². The van der Waals surface area contributed by atoms with Crippen molar-refractivity contribution in [2.24, 2.45) is 0 Å². The molecule has 1 aromatic rings. The van der Waals surface area contributed by atoms with Crippen LogP contribution < -0.4 is 5.32 Å². The summed E-state index contributed by atoms with van der Waals surface area (Å²) in [6.07, 6.45) is 3.71. The third kappa shape index (κ3) is 4.19. The summed E-state index contributed by atoms with van der Waals surface area (Å²) in [4.78, 5) is 15.6. The summed E-state index contributed by atoms with van der Waals surface area (Å²) in [6, 6.07) is 3.46. The van der Waals surface area contributed by atoms with Gasteiger partial charge in [-0.05, 0) is 25.5 Å². The van der Waals surface area contributed by atoms with E-state index in [4.69, 9.17) is 11.6 Å². The Labute approximate surface area is 101 Å². The number of rotatable bonds is 5. The van der Waals surface area contributed by atoms with Gasteiger partial charge in [0.05, 0.1) is 11.4 Å². The lowest BCUT2D eigenvalue weighted by Crippen LogP contribution is -2.12. The van der Waals surface area contributed by atoms with Crippen LogP contribution in [0.4, 0.5) is 5.69 Å². The zero-order chi connectivity index (χ0) is 12.0. The number of nitrogens with one attached hydrogen (secondary N) is 1. The molecule has 88 valence electrons. The van der Waals surface area contributed by atoms with Gasteiger partial charge in [0.1, 0.15) is 5.15 Å². The number of aromatic nitrogens is 1. The maximum Gasteiger partial charge on any atom is 0.224 e. The second-order valence-corrected chi connectivity index (χ2v) is 4.16. The molecular formula is C12H17ClN2O. The fraction of sp³-hybridized carbons (Fsp3) is 0.500. The normalized spacial score (nSPS) is 10.2. The summed E-state index contributed by atoms with van der Waals surface area (Å²) in [7, 11) is 0. The van der Waals surface area contributed by atoms with E-state index in [-0.39, 0.29) is 5.91 Å². The average molecular weight is 241 g/mol. The van der Waals surface area contributed by atoms with Crippen molar-refractivity contribution in [2.45, 2.75) is 39.5 Å². The molecule has 0 saturated carbocycles. The van der Waals surface area contributed by atoms with Gasteiger partial charge in [0.15, 0.2) is 0 Å². The Kier molecular flexibility index (Phi) is 5.26. The summed E-state index contributed by atoms with van der Waals surface area (Å²) in [5.41, 5.74) is 1.49. The van der Waals surface area contributed by atoms with E-state index >= 15 is 0 Å². The number of aryl methyl sites for hydroxylation is 1. The Morgan fingerprint density at radius 1 is 1.44 bits per heavy atom. The predicted octanol–water partition coefficient (Wildman–Crippen LogP) is 3.56. The van der Waals surface area contributed by atoms with Crippen LogP contribution in [0.1, 0.15) is 38.3 Å². The topological polar surface area (TPSA) is 42.0 Å². The van der Waals surface area contributed by atoms with E-state index in [0.717, 1.165) is 30.6 Å². The SMILES string of the molecule is CCCCCC(=O)Nc1ccc(Cl)nc1C. The minimum atomic E-state index is 0.0423. The molecule has 1 aromatic heterocycles. The van der Waals surface area contributed by atoms with Gasteiger partial charge in [-0.2, -0.15) is 0 Å². The van der Waals surface area contributed by atoms with Gasteiger partial charge in [-0.25, -0.2) is 4.98 Å². The molecule has 1 amide bonds. The first-order valence-corrected chi connectivity index (χ1v) is 5.94. The van der Waals surface area contributed by atoms with Crippen LogP contribution in [0.3, 0.4) is 0 Å². The molecule has 0 aliphatic carbocycles. The number of hydrogen-bond acceptors (Lipinski definition) is 2. The standard InChI is InChI=1S/C12H17ClN2O/c1-3-4-5-6-12(16)15-10-7-8-11(13)14-9(10)2/h7-8H,3-6H2,1-2H3,(H,15,16). The highest BCUT2D eigenvalue weighted by Gasteiger charge is 2.05. The fourth-order valence-electron chi connectivity index (χ4n) is 1.41.